The van der Waals surface area contributed by atoms with Gasteiger partial charge in [0.1, 0.15) is 0 Å². The summed E-state index contributed by atoms with van der Waals surface area (Å²) in [5.41, 5.74) is 1.40. The number of nitrogens with zero attached hydrogens (tertiary/aromatic N) is 1. The Labute approximate surface area is 118 Å². The molecule has 0 bridgehead atoms. The SMILES string of the molecule is CC(C)NC(=O)N1c2ccccc2C(C(=O)O)CC1C. The maximum absolute atomic E-state index is 12.3. The molecular formula is C15H20N2O3. The first kappa shape index (κ1) is 14.4. The largest absolute Gasteiger partial charge is 0.481 e. The Kier molecular flexibility index (Phi) is 3.97. The molecule has 1 aliphatic heterocycles. The van der Waals surface area contributed by atoms with Crippen LogP contribution in [0.1, 0.15) is 38.7 Å². The fourth-order valence-corrected chi connectivity index (χ4v) is 2.67. The van der Waals surface area contributed by atoms with E-state index in [-0.39, 0.29) is 18.1 Å². The topological polar surface area (TPSA) is 69.6 Å². The zero-order valence-corrected chi connectivity index (χ0v) is 12.0. The van der Waals surface area contributed by atoms with Crippen LogP contribution in [0.15, 0.2) is 24.3 Å². The molecule has 0 saturated heterocycles. The molecular weight excluding hydrogens is 256 g/mol. The van der Waals surface area contributed by atoms with Crippen molar-refractivity contribution in [2.75, 3.05) is 4.90 Å². The summed E-state index contributed by atoms with van der Waals surface area (Å²) in [5, 5.41) is 12.2. The molecule has 1 heterocycles. The average Bonchev–Trinajstić information content (AvgIpc) is 2.36. The molecule has 0 saturated carbocycles. The second-order valence-corrected chi connectivity index (χ2v) is 5.51. The molecule has 108 valence electrons. The summed E-state index contributed by atoms with van der Waals surface area (Å²) in [6.45, 7) is 5.68. The molecule has 1 aliphatic rings. The molecule has 1 aromatic carbocycles. The van der Waals surface area contributed by atoms with E-state index < -0.39 is 11.9 Å². The Bertz CT molecular complexity index is 528. The number of carbonyl (C=O) groups excluding carboxylic acids is 1. The Hall–Kier alpha value is -2.04. The van der Waals surface area contributed by atoms with Gasteiger partial charge in [0.05, 0.1) is 5.92 Å². The van der Waals surface area contributed by atoms with Crippen molar-refractivity contribution in [3.05, 3.63) is 29.8 Å². The summed E-state index contributed by atoms with van der Waals surface area (Å²) >= 11 is 0. The van der Waals surface area contributed by atoms with Gasteiger partial charge in [-0.05, 0) is 38.8 Å². The van der Waals surface area contributed by atoms with Gasteiger partial charge >= 0.3 is 12.0 Å². The molecule has 2 atom stereocenters. The summed E-state index contributed by atoms with van der Waals surface area (Å²) in [7, 11) is 0. The van der Waals surface area contributed by atoms with Crippen LogP contribution in [-0.2, 0) is 4.79 Å². The van der Waals surface area contributed by atoms with Gasteiger partial charge in [-0.2, -0.15) is 0 Å². The monoisotopic (exact) mass is 276 g/mol. The number of nitrogens with one attached hydrogen (secondary N) is 1. The fourth-order valence-electron chi connectivity index (χ4n) is 2.67. The van der Waals surface area contributed by atoms with Gasteiger partial charge in [-0.3, -0.25) is 9.69 Å². The lowest BCUT2D eigenvalue weighted by Gasteiger charge is -2.38. The Morgan fingerprint density at radius 1 is 1.35 bits per heavy atom. The minimum Gasteiger partial charge on any atom is -0.481 e. The van der Waals surface area contributed by atoms with E-state index in [0.29, 0.717) is 17.7 Å². The second-order valence-electron chi connectivity index (χ2n) is 5.51. The molecule has 5 heteroatoms. The van der Waals surface area contributed by atoms with Crippen LogP contribution in [0.5, 0.6) is 0 Å². The van der Waals surface area contributed by atoms with E-state index in [4.69, 9.17) is 0 Å². The minimum absolute atomic E-state index is 0.0408. The molecule has 1 aromatic rings. The van der Waals surface area contributed by atoms with Crippen molar-refractivity contribution in [3.8, 4) is 0 Å². The minimum atomic E-state index is -0.840. The molecule has 0 fully saturated rings. The normalized spacial score (nSPS) is 21.5. The summed E-state index contributed by atoms with van der Waals surface area (Å²) < 4.78 is 0. The van der Waals surface area contributed by atoms with Gasteiger partial charge in [-0.1, -0.05) is 18.2 Å². The Morgan fingerprint density at radius 2 is 2.00 bits per heavy atom. The number of rotatable bonds is 2. The first-order valence-corrected chi connectivity index (χ1v) is 6.83. The Morgan fingerprint density at radius 3 is 2.60 bits per heavy atom. The first-order chi connectivity index (χ1) is 9.41. The smallest absolute Gasteiger partial charge is 0.322 e. The summed E-state index contributed by atoms with van der Waals surface area (Å²) in [6, 6.07) is 6.94. The lowest BCUT2D eigenvalue weighted by atomic mass is 9.86. The van der Waals surface area contributed by atoms with Crippen LogP contribution in [0.4, 0.5) is 10.5 Å². The molecule has 2 amide bonds. The van der Waals surface area contributed by atoms with Crippen molar-refractivity contribution < 1.29 is 14.7 Å². The highest BCUT2D eigenvalue weighted by Crippen LogP contribution is 2.38. The van der Waals surface area contributed by atoms with Crippen LogP contribution in [-0.4, -0.2) is 29.2 Å². The quantitative estimate of drug-likeness (QED) is 0.872. The van der Waals surface area contributed by atoms with Gasteiger partial charge in [0.15, 0.2) is 0 Å². The standard InChI is InChI=1S/C15H20N2O3/c1-9(2)16-15(20)17-10(3)8-12(14(18)19)11-6-4-5-7-13(11)17/h4-7,9-10,12H,8H2,1-3H3,(H,16,20)(H,18,19). The average molecular weight is 276 g/mol. The summed E-state index contributed by atoms with van der Waals surface area (Å²) in [5.74, 6) is -1.39. The molecule has 0 spiro atoms. The summed E-state index contributed by atoms with van der Waals surface area (Å²) in [4.78, 5) is 25.4. The highest BCUT2D eigenvalue weighted by molar-refractivity contribution is 5.96. The third-order valence-corrected chi connectivity index (χ3v) is 3.52. The molecule has 0 aromatic heterocycles. The van der Waals surface area contributed by atoms with Gasteiger partial charge in [0, 0.05) is 17.8 Å². The second kappa shape index (κ2) is 5.53. The molecule has 20 heavy (non-hydrogen) atoms. The van der Waals surface area contributed by atoms with Crippen LogP contribution in [0.3, 0.4) is 0 Å². The van der Waals surface area contributed by atoms with E-state index in [1.807, 2.05) is 32.9 Å². The molecule has 2 unspecified atom stereocenters. The highest BCUT2D eigenvalue weighted by atomic mass is 16.4. The summed E-state index contributed by atoms with van der Waals surface area (Å²) in [6.07, 6.45) is 0.428. The van der Waals surface area contributed by atoms with Gasteiger partial charge in [0.2, 0.25) is 0 Å². The van der Waals surface area contributed by atoms with E-state index in [1.165, 1.54) is 0 Å². The zero-order chi connectivity index (χ0) is 14.9. The highest BCUT2D eigenvalue weighted by Gasteiger charge is 2.36. The third-order valence-electron chi connectivity index (χ3n) is 3.52. The van der Waals surface area contributed by atoms with Crippen molar-refractivity contribution in [2.45, 2.75) is 45.2 Å². The van der Waals surface area contributed by atoms with Gasteiger partial charge < -0.3 is 10.4 Å². The van der Waals surface area contributed by atoms with E-state index in [0.717, 1.165) is 0 Å². The third kappa shape index (κ3) is 2.61. The van der Waals surface area contributed by atoms with Crippen molar-refractivity contribution in [3.63, 3.8) is 0 Å². The van der Waals surface area contributed by atoms with Gasteiger partial charge in [-0.15, -0.1) is 0 Å². The number of benzene rings is 1. The van der Waals surface area contributed by atoms with Crippen molar-refractivity contribution >= 4 is 17.7 Å². The lowest BCUT2D eigenvalue weighted by Crippen LogP contribution is -2.50. The number of fused-ring (bicyclic) bond motifs is 1. The van der Waals surface area contributed by atoms with Crippen LogP contribution >= 0.6 is 0 Å². The molecule has 2 rings (SSSR count). The zero-order valence-electron chi connectivity index (χ0n) is 12.0. The number of carboxylic acid groups (broad SMARTS) is 1. The number of carbonyl (C=O) groups is 2. The van der Waals surface area contributed by atoms with Crippen LogP contribution in [0.25, 0.3) is 0 Å². The van der Waals surface area contributed by atoms with Crippen molar-refractivity contribution in [1.29, 1.82) is 0 Å². The first-order valence-electron chi connectivity index (χ1n) is 6.83. The fraction of sp³-hybridized carbons (Fsp3) is 0.467. The molecule has 0 radical (unpaired) electrons. The maximum Gasteiger partial charge on any atom is 0.322 e. The number of para-hydroxylation sites is 1. The van der Waals surface area contributed by atoms with Crippen LogP contribution in [0, 0.1) is 0 Å². The molecule has 0 aliphatic carbocycles. The number of anilines is 1. The Balaban J connectivity index is 2.41. The number of carboxylic acids is 1. The predicted octanol–water partition coefficient (Wildman–Crippen LogP) is 2.57. The van der Waals surface area contributed by atoms with E-state index in [2.05, 4.69) is 5.32 Å². The molecule has 2 N–H and O–H groups in total. The van der Waals surface area contributed by atoms with E-state index in [1.54, 1.807) is 17.0 Å². The number of aliphatic carboxylic acids is 1. The maximum atomic E-state index is 12.3. The lowest BCUT2D eigenvalue weighted by molar-refractivity contribution is -0.139. The van der Waals surface area contributed by atoms with Crippen molar-refractivity contribution in [2.24, 2.45) is 0 Å². The van der Waals surface area contributed by atoms with Crippen LogP contribution in [0.2, 0.25) is 0 Å². The predicted molar refractivity (Wildman–Crippen MR) is 77.0 cm³/mol. The number of hydrogen-bond donors (Lipinski definition) is 2. The number of hydrogen-bond acceptors (Lipinski definition) is 2. The van der Waals surface area contributed by atoms with Gasteiger partial charge in [-0.25, -0.2) is 4.79 Å². The molecule has 5 nitrogen and oxygen atoms in total. The van der Waals surface area contributed by atoms with E-state index in [9.17, 15) is 14.7 Å². The number of urea groups is 1. The van der Waals surface area contributed by atoms with Gasteiger partial charge in [0.25, 0.3) is 0 Å². The van der Waals surface area contributed by atoms with Crippen LogP contribution < -0.4 is 10.2 Å². The van der Waals surface area contributed by atoms with E-state index >= 15 is 0 Å². The number of amides is 2. The van der Waals surface area contributed by atoms with Crippen molar-refractivity contribution in [1.82, 2.24) is 5.32 Å².